The molecule has 0 amide bonds. The fraction of sp³-hybridized carbons (Fsp3) is 0.778. The summed E-state index contributed by atoms with van der Waals surface area (Å²) in [7, 11) is 0. The van der Waals surface area contributed by atoms with Crippen molar-refractivity contribution in [3.63, 3.8) is 0 Å². The third-order valence-corrected chi connectivity index (χ3v) is 2.91. The first-order valence-electron chi connectivity index (χ1n) is 4.95. The van der Waals surface area contributed by atoms with Crippen molar-refractivity contribution < 1.29 is 4.52 Å². The Bertz CT molecular complexity index is 283. The summed E-state index contributed by atoms with van der Waals surface area (Å²) in [5.41, 5.74) is 0. The minimum absolute atomic E-state index is 0.284. The number of piperidine rings is 1. The standard InChI is InChI=1S/C9H15N3OS/c1-14-6-8-11-9(13-12-8)7-4-2-3-5-10-7/h7,10H,2-6H2,1H3/t7-/m0/s1. The first kappa shape index (κ1) is 9.98. The molecule has 1 fully saturated rings. The predicted octanol–water partition coefficient (Wildman–Crippen LogP) is 1.75. The molecule has 0 bridgehead atoms. The molecule has 0 radical (unpaired) electrons. The molecule has 0 spiro atoms. The summed E-state index contributed by atoms with van der Waals surface area (Å²) in [5, 5.41) is 7.32. The molecule has 1 aliphatic heterocycles. The van der Waals surface area contributed by atoms with Crippen molar-refractivity contribution in [1.82, 2.24) is 15.5 Å². The molecule has 14 heavy (non-hydrogen) atoms. The van der Waals surface area contributed by atoms with Gasteiger partial charge in [-0.3, -0.25) is 0 Å². The molecule has 4 nitrogen and oxygen atoms in total. The molecule has 5 heteroatoms. The van der Waals surface area contributed by atoms with Crippen LogP contribution in [0, 0.1) is 0 Å². The first-order chi connectivity index (χ1) is 6.90. The molecule has 0 unspecified atom stereocenters. The smallest absolute Gasteiger partial charge is 0.243 e. The van der Waals surface area contributed by atoms with E-state index >= 15 is 0 Å². The van der Waals surface area contributed by atoms with E-state index in [1.165, 1.54) is 12.8 Å². The van der Waals surface area contributed by atoms with Crippen LogP contribution in [-0.4, -0.2) is 22.9 Å². The van der Waals surface area contributed by atoms with Crippen LogP contribution in [0.15, 0.2) is 4.52 Å². The molecule has 1 N–H and O–H groups in total. The van der Waals surface area contributed by atoms with Crippen LogP contribution in [-0.2, 0) is 5.75 Å². The van der Waals surface area contributed by atoms with Gasteiger partial charge in [-0.15, -0.1) is 0 Å². The predicted molar refractivity (Wildman–Crippen MR) is 56.1 cm³/mol. The van der Waals surface area contributed by atoms with Crippen molar-refractivity contribution in [2.45, 2.75) is 31.1 Å². The number of thioether (sulfide) groups is 1. The van der Waals surface area contributed by atoms with Gasteiger partial charge in [0, 0.05) is 0 Å². The second-order valence-electron chi connectivity index (χ2n) is 3.48. The van der Waals surface area contributed by atoms with Crippen LogP contribution in [0.5, 0.6) is 0 Å². The van der Waals surface area contributed by atoms with Crippen LogP contribution < -0.4 is 5.32 Å². The van der Waals surface area contributed by atoms with Crippen molar-refractivity contribution >= 4 is 11.8 Å². The quantitative estimate of drug-likeness (QED) is 0.829. The molecule has 0 aromatic carbocycles. The average molecular weight is 213 g/mol. The van der Waals surface area contributed by atoms with Gasteiger partial charge in [0.15, 0.2) is 5.82 Å². The molecule has 1 aromatic rings. The molecule has 0 saturated carbocycles. The summed E-state index contributed by atoms with van der Waals surface area (Å²) in [6.45, 7) is 1.06. The summed E-state index contributed by atoms with van der Waals surface area (Å²) >= 11 is 1.71. The summed E-state index contributed by atoms with van der Waals surface area (Å²) < 4.78 is 5.22. The van der Waals surface area contributed by atoms with Gasteiger partial charge in [-0.1, -0.05) is 11.6 Å². The summed E-state index contributed by atoms with van der Waals surface area (Å²) in [4.78, 5) is 4.36. The highest BCUT2D eigenvalue weighted by atomic mass is 32.2. The Hall–Kier alpha value is -0.550. The Morgan fingerprint density at radius 2 is 2.50 bits per heavy atom. The molecule has 2 rings (SSSR count). The third-order valence-electron chi connectivity index (χ3n) is 2.37. The van der Waals surface area contributed by atoms with Gasteiger partial charge in [0.1, 0.15) is 0 Å². The van der Waals surface area contributed by atoms with E-state index in [2.05, 4.69) is 15.5 Å². The van der Waals surface area contributed by atoms with Gasteiger partial charge in [0.25, 0.3) is 0 Å². The number of nitrogens with one attached hydrogen (secondary N) is 1. The maximum atomic E-state index is 5.22. The molecule has 78 valence electrons. The number of aromatic nitrogens is 2. The zero-order valence-electron chi connectivity index (χ0n) is 8.32. The maximum Gasteiger partial charge on any atom is 0.243 e. The number of hydrogen-bond donors (Lipinski definition) is 1. The number of hydrogen-bond acceptors (Lipinski definition) is 5. The van der Waals surface area contributed by atoms with E-state index in [1.807, 2.05) is 6.26 Å². The van der Waals surface area contributed by atoms with Gasteiger partial charge < -0.3 is 9.84 Å². The van der Waals surface area contributed by atoms with E-state index in [4.69, 9.17) is 4.52 Å². The Morgan fingerprint density at radius 3 is 3.21 bits per heavy atom. The minimum Gasteiger partial charge on any atom is -0.338 e. The zero-order valence-corrected chi connectivity index (χ0v) is 9.14. The van der Waals surface area contributed by atoms with Crippen LogP contribution >= 0.6 is 11.8 Å². The molecule has 1 saturated heterocycles. The van der Waals surface area contributed by atoms with Crippen LogP contribution in [0.25, 0.3) is 0 Å². The summed E-state index contributed by atoms with van der Waals surface area (Å²) in [5.74, 6) is 2.39. The van der Waals surface area contributed by atoms with Gasteiger partial charge >= 0.3 is 0 Å². The lowest BCUT2D eigenvalue weighted by atomic mass is 10.1. The Labute approximate surface area is 87.8 Å². The lowest BCUT2D eigenvalue weighted by molar-refractivity contribution is 0.296. The Balaban J connectivity index is 2.00. The highest BCUT2D eigenvalue weighted by Gasteiger charge is 2.20. The molecular weight excluding hydrogens is 198 g/mol. The Kier molecular flexibility index (Phi) is 3.42. The molecular formula is C9H15N3OS. The van der Waals surface area contributed by atoms with Gasteiger partial charge in [0.2, 0.25) is 5.89 Å². The SMILES string of the molecule is CSCc1noc([C@@H]2CCCCN2)n1. The highest BCUT2D eigenvalue weighted by Crippen LogP contribution is 2.21. The van der Waals surface area contributed by atoms with Gasteiger partial charge in [-0.05, 0) is 25.6 Å². The van der Waals surface area contributed by atoms with Crippen molar-refractivity contribution in [3.05, 3.63) is 11.7 Å². The monoisotopic (exact) mass is 213 g/mol. The van der Waals surface area contributed by atoms with Crippen molar-refractivity contribution in [1.29, 1.82) is 0 Å². The van der Waals surface area contributed by atoms with Gasteiger partial charge in [-0.25, -0.2) is 0 Å². The Morgan fingerprint density at radius 1 is 1.57 bits per heavy atom. The summed E-state index contributed by atoms with van der Waals surface area (Å²) in [6, 6.07) is 0.284. The van der Waals surface area contributed by atoms with Crippen LogP contribution in [0.3, 0.4) is 0 Å². The van der Waals surface area contributed by atoms with Crippen LogP contribution in [0.2, 0.25) is 0 Å². The zero-order chi connectivity index (χ0) is 9.80. The maximum absolute atomic E-state index is 5.22. The molecule has 2 heterocycles. The lowest BCUT2D eigenvalue weighted by Gasteiger charge is -2.19. The van der Waals surface area contributed by atoms with E-state index in [0.717, 1.165) is 30.4 Å². The number of rotatable bonds is 3. The summed E-state index contributed by atoms with van der Waals surface area (Å²) in [6.07, 6.45) is 5.65. The lowest BCUT2D eigenvalue weighted by Crippen LogP contribution is -2.26. The fourth-order valence-corrected chi connectivity index (χ4v) is 2.03. The first-order valence-corrected chi connectivity index (χ1v) is 6.34. The normalized spacial score (nSPS) is 22.5. The van der Waals surface area contributed by atoms with Crippen molar-refractivity contribution in [2.75, 3.05) is 12.8 Å². The van der Waals surface area contributed by atoms with E-state index in [0.29, 0.717) is 0 Å². The molecule has 0 aliphatic carbocycles. The van der Waals surface area contributed by atoms with E-state index in [-0.39, 0.29) is 6.04 Å². The molecule has 1 aliphatic rings. The molecule has 1 atom stereocenters. The van der Waals surface area contributed by atoms with Crippen molar-refractivity contribution in [2.24, 2.45) is 0 Å². The largest absolute Gasteiger partial charge is 0.338 e. The van der Waals surface area contributed by atoms with Crippen molar-refractivity contribution in [3.8, 4) is 0 Å². The topological polar surface area (TPSA) is 51.0 Å². The highest BCUT2D eigenvalue weighted by molar-refractivity contribution is 7.97. The van der Waals surface area contributed by atoms with E-state index in [9.17, 15) is 0 Å². The van der Waals surface area contributed by atoms with Gasteiger partial charge in [-0.2, -0.15) is 16.7 Å². The minimum atomic E-state index is 0.284. The second kappa shape index (κ2) is 4.79. The fourth-order valence-electron chi connectivity index (χ4n) is 1.66. The average Bonchev–Trinajstić information content (AvgIpc) is 2.68. The van der Waals surface area contributed by atoms with E-state index < -0.39 is 0 Å². The number of nitrogens with zero attached hydrogens (tertiary/aromatic N) is 2. The second-order valence-corrected chi connectivity index (χ2v) is 4.35. The van der Waals surface area contributed by atoms with E-state index in [1.54, 1.807) is 11.8 Å². The van der Waals surface area contributed by atoms with Crippen LogP contribution in [0.4, 0.5) is 0 Å². The molecule has 1 aromatic heterocycles. The van der Waals surface area contributed by atoms with Gasteiger partial charge in [0.05, 0.1) is 11.8 Å². The van der Waals surface area contributed by atoms with Crippen LogP contribution in [0.1, 0.15) is 37.0 Å². The third kappa shape index (κ3) is 2.27.